The van der Waals surface area contributed by atoms with Crippen LogP contribution in [0.5, 0.6) is 23.1 Å². The van der Waals surface area contributed by atoms with Crippen molar-refractivity contribution in [2.45, 2.75) is 20.2 Å². The molecule has 0 spiro atoms. The summed E-state index contributed by atoms with van der Waals surface area (Å²) in [5.74, 6) is -1.23. The van der Waals surface area contributed by atoms with Gasteiger partial charge in [0.2, 0.25) is 5.88 Å². The van der Waals surface area contributed by atoms with Gasteiger partial charge in [-0.05, 0) is 19.1 Å². The fourth-order valence-corrected chi connectivity index (χ4v) is 3.95. The van der Waals surface area contributed by atoms with Crippen LogP contribution in [0.3, 0.4) is 0 Å². The number of alkyl halides is 1. The van der Waals surface area contributed by atoms with E-state index < -0.39 is 30.8 Å². The van der Waals surface area contributed by atoms with Gasteiger partial charge in [-0.15, -0.1) is 0 Å². The molecule has 0 saturated heterocycles. The van der Waals surface area contributed by atoms with E-state index in [-0.39, 0.29) is 69.6 Å². The van der Waals surface area contributed by atoms with Crippen LogP contribution in [0.1, 0.15) is 18.3 Å². The van der Waals surface area contributed by atoms with Gasteiger partial charge in [-0.25, -0.2) is 27.9 Å². The van der Waals surface area contributed by atoms with Crippen LogP contribution in [-0.2, 0) is 22.8 Å². The highest BCUT2D eigenvalue weighted by Gasteiger charge is 2.22. The molecule has 0 aliphatic carbocycles. The van der Waals surface area contributed by atoms with E-state index in [1.807, 2.05) is 0 Å². The fourth-order valence-electron chi connectivity index (χ4n) is 3.71. The molecule has 0 unspecified atom stereocenters. The molecule has 14 heteroatoms. The summed E-state index contributed by atoms with van der Waals surface area (Å²) < 4.78 is 55.8. The molecule has 0 aliphatic heterocycles. The maximum Gasteiger partial charge on any atom is 0.344 e. The van der Waals surface area contributed by atoms with Crippen LogP contribution < -0.4 is 24.6 Å². The number of esters is 1. The highest BCUT2D eigenvalue weighted by molar-refractivity contribution is 6.32. The van der Waals surface area contributed by atoms with Gasteiger partial charge in [0, 0.05) is 12.1 Å². The van der Waals surface area contributed by atoms with E-state index in [4.69, 9.17) is 35.3 Å². The van der Waals surface area contributed by atoms with E-state index >= 15 is 0 Å². The number of H-pyrrole nitrogens is 1. The van der Waals surface area contributed by atoms with Gasteiger partial charge in [0.1, 0.15) is 30.4 Å². The number of carbonyl (C=O) groups is 1. The Morgan fingerprint density at radius 1 is 1.10 bits per heavy atom. The quantitative estimate of drug-likeness (QED) is 0.270. The summed E-state index contributed by atoms with van der Waals surface area (Å²) in [6, 6.07) is 6.94. The Hall–Kier alpha value is -4.39. The van der Waals surface area contributed by atoms with Crippen LogP contribution in [0.4, 0.5) is 8.78 Å². The number of carbonyl (C=O) groups excluding carboxylic acids is 1. The third-order valence-electron chi connectivity index (χ3n) is 5.44. The smallest absolute Gasteiger partial charge is 0.344 e. The molecular formula is C25H23ClF2N4O7. The predicted molar refractivity (Wildman–Crippen MR) is 135 cm³/mol. The highest BCUT2D eigenvalue weighted by Crippen LogP contribution is 2.37. The number of hydrogen-bond acceptors (Lipinski definition) is 9. The van der Waals surface area contributed by atoms with E-state index in [0.717, 1.165) is 4.57 Å². The van der Waals surface area contributed by atoms with Crippen LogP contribution in [0.2, 0.25) is 5.02 Å². The number of fused-ring (bicyclic) bond motifs is 1. The molecule has 0 radical (unpaired) electrons. The Morgan fingerprint density at radius 3 is 2.56 bits per heavy atom. The SMILES string of the molecule is CCOC(=O)COc1cc(Cl)c(-n2c(=O)[nH]c3c(OC)nc(CF)nc32)cc1OCc1c(F)cccc1OC. The summed E-state index contributed by atoms with van der Waals surface area (Å²) in [6.07, 6.45) is 0. The Kier molecular flexibility index (Phi) is 8.49. The Morgan fingerprint density at radius 2 is 1.87 bits per heavy atom. The zero-order chi connectivity index (χ0) is 28.1. The van der Waals surface area contributed by atoms with E-state index in [2.05, 4.69) is 15.0 Å². The number of ether oxygens (including phenoxy) is 5. The van der Waals surface area contributed by atoms with Crippen molar-refractivity contribution in [3.63, 3.8) is 0 Å². The van der Waals surface area contributed by atoms with Gasteiger partial charge in [0.25, 0.3) is 0 Å². The van der Waals surface area contributed by atoms with Gasteiger partial charge >= 0.3 is 11.7 Å². The molecule has 4 rings (SSSR count). The van der Waals surface area contributed by atoms with E-state index in [1.54, 1.807) is 13.0 Å². The highest BCUT2D eigenvalue weighted by atomic mass is 35.5. The lowest BCUT2D eigenvalue weighted by molar-refractivity contribution is -0.145. The molecule has 0 amide bonds. The predicted octanol–water partition coefficient (Wildman–Crippen LogP) is 3.91. The minimum absolute atomic E-state index is 0.00279. The van der Waals surface area contributed by atoms with Crippen LogP contribution in [0.15, 0.2) is 35.1 Å². The largest absolute Gasteiger partial charge is 0.496 e. The Labute approximate surface area is 225 Å². The van der Waals surface area contributed by atoms with Crippen molar-refractivity contribution >= 4 is 28.7 Å². The molecule has 0 atom stereocenters. The van der Waals surface area contributed by atoms with Gasteiger partial charge in [0.15, 0.2) is 29.6 Å². The summed E-state index contributed by atoms with van der Waals surface area (Å²) >= 11 is 6.52. The number of hydrogen-bond donors (Lipinski definition) is 1. The number of nitrogens with zero attached hydrogens (tertiary/aromatic N) is 3. The second kappa shape index (κ2) is 12.0. The first-order valence-electron chi connectivity index (χ1n) is 11.5. The molecule has 4 aromatic rings. The molecule has 39 heavy (non-hydrogen) atoms. The number of nitrogens with one attached hydrogen (secondary N) is 1. The molecule has 0 saturated carbocycles. The summed E-state index contributed by atoms with van der Waals surface area (Å²) in [4.78, 5) is 35.5. The van der Waals surface area contributed by atoms with Gasteiger partial charge in [0.05, 0.1) is 37.1 Å². The fraction of sp³-hybridized carbons (Fsp3) is 0.280. The maximum absolute atomic E-state index is 14.5. The molecule has 206 valence electrons. The van der Waals surface area contributed by atoms with Gasteiger partial charge in [-0.3, -0.25) is 4.98 Å². The second-order valence-electron chi connectivity index (χ2n) is 7.80. The number of halogens is 3. The number of aromatic amines is 1. The number of rotatable bonds is 11. The van der Waals surface area contributed by atoms with E-state index in [0.29, 0.717) is 0 Å². The molecule has 2 heterocycles. The van der Waals surface area contributed by atoms with Crippen LogP contribution in [0.25, 0.3) is 16.9 Å². The monoisotopic (exact) mass is 564 g/mol. The Bertz CT molecular complexity index is 1570. The van der Waals surface area contributed by atoms with Crippen molar-refractivity contribution in [2.24, 2.45) is 0 Å². The van der Waals surface area contributed by atoms with Crippen LogP contribution >= 0.6 is 11.6 Å². The minimum atomic E-state index is -1.02. The lowest BCUT2D eigenvalue weighted by Crippen LogP contribution is -2.17. The standard InChI is InChI=1S/C25H23ClF2N4O7/c1-4-37-21(33)12-39-18-8-14(26)16(9-19(18)38-11-13-15(28)6-5-7-17(13)35-2)32-23-22(31-25(32)34)24(36-3)30-20(10-27)29-23/h5-9H,4,10-12H2,1-3H3,(H,31,34). The number of imidazole rings is 1. The second-order valence-corrected chi connectivity index (χ2v) is 8.21. The average molecular weight is 565 g/mol. The van der Waals surface area contributed by atoms with Crippen molar-refractivity contribution in [3.05, 3.63) is 63.0 Å². The molecule has 2 aromatic heterocycles. The molecule has 0 fully saturated rings. The van der Waals surface area contributed by atoms with Crippen LogP contribution in [0, 0.1) is 5.82 Å². The molecule has 2 aromatic carbocycles. The summed E-state index contributed by atoms with van der Waals surface area (Å²) in [6.45, 7) is -0.00372. The van der Waals surface area contributed by atoms with Crippen LogP contribution in [-0.4, -0.2) is 52.9 Å². The lowest BCUT2D eigenvalue weighted by Gasteiger charge is -2.17. The zero-order valence-electron chi connectivity index (χ0n) is 21.0. The summed E-state index contributed by atoms with van der Waals surface area (Å²) in [7, 11) is 2.70. The minimum Gasteiger partial charge on any atom is -0.496 e. The third-order valence-corrected chi connectivity index (χ3v) is 5.74. The average Bonchev–Trinajstić information content (AvgIpc) is 3.26. The summed E-state index contributed by atoms with van der Waals surface area (Å²) in [5.41, 5.74) is -0.405. The molecular weight excluding hydrogens is 542 g/mol. The van der Waals surface area contributed by atoms with Crippen molar-refractivity contribution in [3.8, 4) is 28.8 Å². The van der Waals surface area contributed by atoms with E-state index in [9.17, 15) is 18.4 Å². The van der Waals surface area contributed by atoms with Crippen molar-refractivity contribution < 1.29 is 37.3 Å². The van der Waals surface area contributed by atoms with Gasteiger partial charge < -0.3 is 23.7 Å². The number of aromatic nitrogens is 4. The third kappa shape index (κ3) is 5.72. The summed E-state index contributed by atoms with van der Waals surface area (Å²) in [5, 5.41) is -0.00735. The molecule has 1 N–H and O–H groups in total. The first-order chi connectivity index (χ1) is 18.8. The molecule has 11 nitrogen and oxygen atoms in total. The topological polar surface area (TPSA) is 127 Å². The normalized spacial score (nSPS) is 10.9. The van der Waals surface area contributed by atoms with Gasteiger partial charge in [-0.1, -0.05) is 17.7 Å². The molecule has 0 bridgehead atoms. The first kappa shape index (κ1) is 27.6. The lowest BCUT2D eigenvalue weighted by atomic mass is 10.2. The Balaban J connectivity index is 1.83. The van der Waals surface area contributed by atoms with Crippen molar-refractivity contribution in [2.75, 3.05) is 27.4 Å². The number of methoxy groups -OCH3 is 2. The molecule has 0 aliphatic rings. The van der Waals surface area contributed by atoms with E-state index in [1.165, 1.54) is 38.5 Å². The zero-order valence-corrected chi connectivity index (χ0v) is 21.8. The first-order valence-corrected chi connectivity index (χ1v) is 11.9. The maximum atomic E-state index is 14.5. The van der Waals surface area contributed by atoms with Crippen molar-refractivity contribution in [1.82, 2.24) is 19.5 Å². The van der Waals surface area contributed by atoms with Gasteiger partial charge in [-0.2, -0.15) is 4.98 Å². The van der Waals surface area contributed by atoms with Crippen molar-refractivity contribution in [1.29, 1.82) is 0 Å². The number of benzene rings is 2.